The Morgan fingerprint density at radius 3 is 2.57 bits per heavy atom. The fourth-order valence-electron chi connectivity index (χ4n) is 3.97. The number of benzene rings is 1. The molecule has 0 saturated carbocycles. The SMILES string of the molecule is CC1(C)C[C@H](NCC[C@](C)(c2cccc(C(F)(F)F)c2)c2cccs2)CCO1. The van der Waals surface area contributed by atoms with Gasteiger partial charge >= 0.3 is 6.18 Å². The molecule has 154 valence electrons. The quantitative estimate of drug-likeness (QED) is 0.628. The van der Waals surface area contributed by atoms with Gasteiger partial charge in [-0.15, -0.1) is 11.3 Å². The van der Waals surface area contributed by atoms with E-state index in [0.717, 1.165) is 43.4 Å². The average molecular weight is 412 g/mol. The van der Waals surface area contributed by atoms with Gasteiger partial charge in [0.2, 0.25) is 0 Å². The van der Waals surface area contributed by atoms with Crippen LogP contribution in [-0.2, 0) is 16.3 Å². The maximum Gasteiger partial charge on any atom is 0.416 e. The van der Waals surface area contributed by atoms with E-state index in [9.17, 15) is 13.2 Å². The lowest BCUT2D eigenvalue weighted by atomic mass is 9.77. The first-order valence-corrected chi connectivity index (χ1v) is 10.6. The van der Waals surface area contributed by atoms with Gasteiger partial charge in [0.1, 0.15) is 0 Å². The highest BCUT2D eigenvalue weighted by molar-refractivity contribution is 7.10. The monoisotopic (exact) mass is 411 g/mol. The van der Waals surface area contributed by atoms with Gasteiger partial charge in [-0.05, 0) is 62.7 Å². The van der Waals surface area contributed by atoms with Crippen molar-refractivity contribution >= 4 is 11.3 Å². The summed E-state index contributed by atoms with van der Waals surface area (Å²) in [6.45, 7) is 7.72. The maximum absolute atomic E-state index is 13.2. The van der Waals surface area contributed by atoms with Crippen molar-refractivity contribution in [3.05, 3.63) is 57.8 Å². The van der Waals surface area contributed by atoms with Crippen LogP contribution >= 0.6 is 11.3 Å². The van der Waals surface area contributed by atoms with Crippen molar-refractivity contribution in [2.24, 2.45) is 0 Å². The Morgan fingerprint density at radius 2 is 1.93 bits per heavy atom. The minimum atomic E-state index is -4.34. The molecule has 6 heteroatoms. The number of rotatable bonds is 6. The van der Waals surface area contributed by atoms with Crippen LogP contribution in [0.2, 0.25) is 0 Å². The third-order valence-corrected chi connectivity index (χ3v) is 6.78. The normalized spacial score (nSPS) is 22.0. The van der Waals surface area contributed by atoms with Crippen LogP contribution in [0.25, 0.3) is 0 Å². The number of ether oxygens (including phenoxy) is 1. The molecule has 0 unspecified atom stereocenters. The van der Waals surface area contributed by atoms with Crippen LogP contribution in [0.5, 0.6) is 0 Å². The number of alkyl halides is 3. The highest BCUT2D eigenvalue weighted by Gasteiger charge is 2.35. The second-order valence-corrected chi connectivity index (χ2v) is 9.34. The summed E-state index contributed by atoms with van der Waals surface area (Å²) in [7, 11) is 0. The highest BCUT2D eigenvalue weighted by Crippen LogP contribution is 2.40. The van der Waals surface area contributed by atoms with E-state index in [1.807, 2.05) is 30.5 Å². The molecule has 1 aromatic heterocycles. The van der Waals surface area contributed by atoms with Crippen molar-refractivity contribution in [2.45, 2.75) is 63.3 Å². The topological polar surface area (TPSA) is 21.3 Å². The Labute approximate surface area is 169 Å². The molecular weight excluding hydrogens is 383 g/mol. The van der Waals surface area contributed by atoms with E-state index in [1.54, 1.807) is 11.3 Å². The molecule has 2 atom stereocenters. The first-order chi connectivity index (χ1) is 13.1. The fraction of sp³-hybridized carbons (Fsp3) is 0.545. The lowest BCUT2D eigenvalue weighted by molar-refractivity contribution is -0.137. The summed E-state index contributed by atoms with van der Waals surface area (Å²) in [5.74, 6) is 0. The molecule has 1 fully saturated rings. The first-order valence-electron chi connectivity index (χ1n) is 9.69. The second kappa shape index (κ2) is 8.17. The maximum atomic E-state index is 13.2. The van der Waals surface area contributed by atoms with E-state index in [-0.39, 0.29) is 5.60 Å². The minimum absolute atomic E-state index is 0.131. The van der Waals surface area contributed by atoms with Gasteiger partial charge in [0.05, 0.1) is 11.2 Å². The largest absolute Gasteiger partial charge is 0.416 e. The van der Waals surface area contributed by atoms with Crippen molar-refractivity contribution in [3.63, 3.8) is 0 Å². The fourth-order valence-corrected chi connectivity index (χ4v) is 4.91. The van der Waals surface area contributed by atoms with Crippen LogP contribution < -0.4 is 5.32 Å². The summed E-state index contributed by atoms with van der Waals surface area (Å²) in [6.07, 6.45) is -1.71. The summed E-state index contributed by atoms with van der Waals surface area (Å²) in [5, 5.41) is 5.59. The zero-order valence-electron chi connectivity index (χ0n) is 16.6. The molecule has 0 aliphatic carbocycles. The Hall–Kier alpha value is -1.37. The molecule has 2 nitrogen and oxygen atoms in total. The molecule has 2 heterocycles. The molecule has 0 spiro atoms. The smallest absolute Gasteiger partial charge is 0.375 e. The van der Waals surface area contributed by atoms with E-state index in [1.165, 1.54) is 12.1 Å². The molecular formula is C22H28F3NOS. The van der Waals surface area contributed by atoms with Gasteiger partial charge in [0.25, 0.3) is 0 Å². The van der Waals surface area contributed by atoms with Gasteiger partial charge in [-0.2, -0.15) is 13.2 Å². The van der Waals surface area contributed by atoms with Crippen molar-refractivity contribution in [2.75, 3.05) is 13.2 Å². The number of hydrogen-bond acceptors (Lipinski definition) is 3. The highest BCUT2D eigenvalue weighted by atomic mass is 32.1. The van der Waals surface area contributed by atoms with E-state index < -0.39 is 17.2 Å². The molecule has 1 N–H and O–H groups in total. The molecule has 3 rings (SSSR count). The van der Waals surface area contributed by atoms with Crippen molar-refractivity contribution < 1.29 is 17.9 Å². The summed E-state index contributed by atoms with van der Waals surface area (Å²) in [6, 6.07) is 10.1. The van der Waals surface area contributed by atoms with Crippen LogP contribution in [0.3, 0.4) is 0 Å². The third-order valence-electron chi connectivity index (χ3n) is 5.65. The van der Waals surface area contributed by atoms with Gasteiger partial charge in [-0.1, -0.05) is 31.2 Å². The Morgan fingerprint density at radius 1 is 1.18 bits per heavy atom. The molecule has 1 aliphatic rings. The molecule has 28 heavy (non-hydrogen) atoms. The van der Waals surface area contributed by atoms with Crippen LogP contribution in [-0.4, -0.2) is 24.8 Å². The predicted molar refractivity (Wildman–Crippen MR) is 108 cm³/mol. The number of hydrogen-bond donors (Lipinski definition) is 1. The molecule has 0 bridgehead atoms. The van der Waals surface area contributed by atoms with E-state index >= 15 is 0 Å². The van der Waals surface area contributed by atoms with E-state index in [2.05, 4.69) is 19.2 Å². The number of halogens is 3. The van der Waals surface area contributed by atoms with Crippen LogP contribution in [0, 0.1) is 0 Å². The average Bonchev–Trinajstić information content (AvgIpc) is 3.15. The molecule has 1 saturated heterocycles. The molecule has 0 radical (unpaired) electrons. The van der Waals surface area contributed by atoms with Gasteiger partial charge in [-0.25, -0.2) is 0 Å². The Balaban J connectivity index is 1.78. The van der Waals surface area contributed by atoms with Gasteiger partial charge in [0.15, 0.2) is 0 Å². The lowest BCUT2D eigenvalue weighted by Crippen LogP contribution is -2.44. The van der Waals surface area contributed by atoms with E-state index in [0.29, 0.717) is 11.6 Å². The van der Waals surface area contributed by atoms with Crippen molar-refractivity contribution in [1.29, 1.82) is 0 Å². The Kier molecular flexibility index (Phi) is 6.23. The van der Waals surface area contributed by atoms with Gasteiger partial charge < -0.3 is 10.1 Å². The molecule has 1 aliphatic heterocycles. The molecule has 2 aromatic rings. The first kappa shape index (κ1) is 21.3. The minimum Gasteiger partial charge on any atom is -0.375 e. The third kappa shape index (κ3) is 4.97. The van der Waals surface area contributed by atoms with Gasteiger partial charge in [-0.3, -0.25) is 0 Å². The number of thiophene rings is 1. The second-order valence-electron chi connectivity index (χ2n) is 8.39. The van der Waals surface area contributed by atoms with Crippen molar-refractivity contribution in [3.8, 4) is 0 Å². The summed E-state index contributed by atoms with van der Waals surface area (Å²) >= 11 is 1.59. The summed E-state index contributed by atoms with van der Waals surface area (Å²) in [5.41, 5.74) is -0.484. The Bertz CT molecular complexity index is 772. The number of nitrogens with one attached hydrogen (secondary N) is 1. The van der Waals surface area contributed by atoms with Crippen LogP contribution in [0.4, 0.5) is 13.2 Å². The lowest BCUT2D eigenvalue weighted by Gasteiger charge is -2.37. The molecule has 0 amide bonds. The molecule has 1 aromatic carbocycles. The zero-order valence-corrected chi connectivity index (χ0v) is 17.4. The summed E-state index contributed by atoms with van der Waals surface area (Å²) in [4.78, 5) is 1.08. The van der Waals surface area contributed by atoms with E-state index in [4.69, 9.17) is 4.74 Å². The van der Waals surface area contributed by atoms with Crippen molar-refractivity contribution in [1.82, 2.24) is 5.32 Å². The standard InChI is InChI=1S/C22H28F3NOS/c1-20(2)15-18(9-12-27-20)26-11-10-21(3,19-8-5-13-28-19)16-6-4-7-17(14-16)22(23,24)25/h4-8,13-14,18,26H,9-12,15H2,1-3H3/t18-,21-/m1/s1. The van der Waals surface area contributed by atoms with Crippen LogP contribution in [0.15, 0.2) is 41.8 Å². The van der Waals surface area contributed by atoms with Crippen LogP contribution in [0.1, 0.15) is 56.0 Å². The zero-order chi connectivity index (χ0) is 20.4. The van der Waals surface area contributed by atoms with Gasteiger partial charge in [0, 0.05) is 22.9 Å². The predicted octanol–water partition coefficient (Wildman–Crippen LogP) is 6.01. The summed E-state index contributed by atoms with van der Waals surface area (Å²) < 4.78 is 45.5.